The third-order valence-corrected chi connectivity index (χ3v) is 10.4. The Kier molecular flexibility index (Phi) is 12.8. The molecule has 3 aromatic heterocycles. The second-order valence-corrected chi connectivity index (χ2v) is 13.5. The third-order valence-electron chi connectivity index (χ3n) is 10.4. The van der Waals surface area contributed by atoms with Gasteiger partial charge in [0.1, 0.15) is 0 Å². The van der Waals surface area contributed by atoms with E-state index in [2.05, 4.69) is 24.5 Å². The number of rotatable bonds is 10. The molecule has 2 aliphatic heterocycles. The summed E-state index contributed by atoms with van der Waals surface area (Å²) in [7, 11) is 2.93. The maximum absolute atomic E-state index is 13.9. The summed E-state index contributed by atoms with van der Waals surface area (Å²) in [6.07, 6.45) is 2.06. The number of ether oxygens (including phenoxy) is 1. The fourth-order valence-corrected chi connectivity index (χ4v) is 7.42. The summed E-state index contributed by atoms with van der Waals surface area (Å²) >= 11 is 0. The molecule has 2 unspecified atom stereocenters. The van der Waals surface area contributed by atoms with E-state index in [1.54, 1.807) is 14.0 Å². The monoisotopic (exact) mass is 786 g/mol. The number of carbonyl (C=O) groups excluding carboxylic acids is 4. The minimum Gasteiger partial charge on any atom is -0.657 e. The van der Waals surface area contributed by atoms with Crippen molar-refractivity contribution in [2.75, 3.05) is 20.7 Å². The van der Waals surface area contributed by atoms with Crippen molar-refractivity contribution in [3.63, 3.8) is 0 Å². The van der Waals surface area contributed by atoms with E-state index in [1.807, 2.05) is 45.9 Å². The van der Waals surface area contributed by atoms with Crippen LogP contribution >= 0.6 is 0 Å². The SMILES string of the molecule is CCCNC(=O)c1c(C)c2cc3nc(cc4[n-]c(cc5nc(c(CC(=O)OC)c1[n-]2)[C@@H](CCC(=O)NC)C5C)c(C)c4C(C)=O)C(C)[C@H]3CC.[Pd+2]. The Balaban J connectivity index is 0.00000583. The smallest absolute Gasteiger partial charge is 0.657 e. The summed E-state index contributed by atoms with van der Waals surface area (Å²) in [5.41, 5.74) is 7.89. The second kappa shape index (κ2) is 16.5. The van der Waals surface area contributed by atoms with Crippen LogP contribution < -0.4 is 20.6 Å². The Labute approximate surface area is 313 Å². The van der Waals surface area contributed by atoms with Gasteiger partial charge >= 0.3 is 26.4 Å². The Morgan fingerprint density at radius 3 is 2.10 bits per heavy atom. The van der Waals surface area contributed by atoms with Gasteiger partial charge in [-0.15, -0.1) is 22.1 Å². The summed E-state index contributed by atoms with van der Waals surface area (Å²) in [5.74, 6) is -1.36. The van der Waals surface area contributed by atoms with Crippen LogP contribution in [0, 0.1) is 13.8 Å². The molecule has 0 saturated heterocycles. The first-order valence-corrected chi connectivity index (χ1v) is 17.6. The summed E-state index contributed by atoms with van der Waals surface area (Å²) < 4.78 is 5.17. The van der Waals surface area contributed by atoms with Crippen molar-refractivity contribution in [1.29, 1.82) is 0 Å². The molecule has 0 aliphatic carbocycles. The molecule has 8 bridgehead atoms. The molecule has 0 spiro atoms. The van der Waals surface area contributed by atoms with E-state index in [-0.39, 0.29) is 74.5 Å². The van der Waals surface area contributed by atoms with Gasteiger partial charge in [-0.25, -0.2) is 0 Å². The van der Waals surface area contributed by atoms with E-state index in [4.69, 9.17) is 24.7 Å². The number of nitrogens with one attached hydrogen (secondary N) is 2. The fraction of sp³-hybridized carbons (Fsp3) is 0.487. The molecule has 5 rings (SSSR count). The molecule has 0 saturated carbocycles. The molecule has 2 N–H and O–H groups in total. The van der Waals surface area contributed by atoms with Crippen LogP contribution in [0.15, 0.2) is 18.2 Å². The molecule has 274 valence electrons. The van der Waals surface area contributed by atoms with E-state index >= 15 is 0 Å². The van der Waals surface area contributed by atoms with Crippen molar-refractivity contribution in [1.82, 2.24) is 30.6 Å². The van der Waals surface area contributed by atoms with Crippen LogP contribution in [-0.4, -0.2) is 54.2 Å². The van der Waals surface area contributed by atoms with Gasteiger partial charge in [0.25, 0.3) is 0 Å². The van der Waals surface area contributed by atoms with Crippen LogP contribution in [0.4, 0.5) is 0 Å². The second-order valence-electron chi connectivity index (χ2n) is 13.5. The Morgan fingerprint density at radius 2 is 1.47 bits per heavy atom. The van der Waals surface area contributed by atoms with Crippen LogP contribution in [0.1, 0.15) is 144 Å². The molecular formula is C39H48N6O5Pd. The number of hydrogen-bond donors (Lipinski definition) is 2. The number of methoxy groups -OCH3 is 1. The zero-order valence-electron chi connectivity index (χ0n) is 30.9. The quantitative estimate of drug-likeness (QED) is 0.144. The molecular weight excluding hydrogens is 739 g/mol. The minimum atomic E-state index is -0.502. The van der Waals surface area contributed by atoms with E-state index in [1.165, 1.54) is 7.11 Å². The molecule has 2 aliphatic rings. The predicted octanol–water partition coefficient (Wildman–Crippen LogP) is 5.96. The van der Waals surface area contributed by atoms with Crippen molar-refractivity contribution in [2.45, 2.75) is 104 Å². The van der Waals surface area contributed by atoms with E-state index in [9.17, 15) is 19.2 Å². The van der Waals surface area contributed by atoms with Gasteiger partial charge in [0, 0.05) is 77.6 Å². The van der Waals surface area contributed by atoms with Crippen molar-refractivity contribution < 1.29 is 44.3 Å². The van der Waals surface area contributed by atoms with Crippen LogP contribution in [-0.2, 0) is 41.2 Å². The maximum Gasteiger partial charge on any atom is 2.00 e. The van der Waals surface area contributed by atoms with E-state index in [0.717, 1.165) is 29.8 Å². The van der Waals surface area contributed by atoms with Gasteiger partial charge in [-0.05, 0) is 45.6 Å². The van der Waals surface area contributed by atoms with Crippen LogP contribution in [0.5, 0.6) is 0 Å². The van der Waals surface area contributed by atoms with Gasteiger partial charge in [0.2, 0.25) is 11.8 Å². The van der Waals surface area contributed by atoms with Gasteiger partial charge < -0.3 is 25.3 Å². The molecule has 3 aromatic rings. The molecule has 12 heteroatoms. The van der Waals surface area contributed by atoms with Crippen LogP contribution in [0.2, 0.25) is 0 Å². The molecule has 2 amide bonds. The van der Waals surface area contributed by atoms with Crippen molar-refractivity contribution >= 4 is 45.6 Å². The average Bonchev–Trinajstić information content (AvgIpc) is 3.77. The molecule has 0 aromatic carbocycles. The average molecular weight is 787 g/mol. The molecule has 0 radical (unpaired) electrons. The predicted molar refractivity (Wildman–Crippen MR) is 193 cm³/mol. The number of esters is 1. The number of nitrogens with zero attached hydrogens (tertiary/aromatic N) is 4. The first kappa shape index (κ1) is 39.6. The number of hydrogen-bond acceptors (Lipinski definition) is 7. The largest absolute Gasteiger partial charge is 2.00 e. The fourth-order valence-electron chi connectivity index (χ4n) is 7.42. The molecule has 5 heterocycles. The molecule has 51 heavy (non-hydrogen) atoms. The zero-order valence-corrected chi connectivity index (χ0v) is 32.5. The summed E-state index contributed by atoms with van der Waals surface area (Å²) in [5, 5.41) is 5.72. The first-order valence-electron chi connectivity index (χ1n) is 17.6. The van der Waals surface area contributed by atoms with Crippen LogP contribution in [0.25, 0.3) is 22.1 Å². The van der Waals surface area contributed by atoms with Crippen molar-refractivity contribution in [3.8, 4) is 0 Å². The summed E-state index contributed by atoms with van der Waals surface area (Å²) in [6.45, 7) is 14.0. The maximum atomic E-state index is 13.9. The normalized spacial score (nSPS) is 18.1. The Hall–Kier alpha value is -4.14. The van der Waals surface area contributed by atoms with Gasteiger partial charge in [0.05, 0.1) is 13.5 Å². The number of Topliss-reactive ketones (excluding diaryl/α,β-unsaturated/α-hetero) is 1. The number of aryl methyl sites for hydroxylation is 2. The van der Waals surface area contributed by atoms with Gasteiger partial charge in [-0.3, -0.25) is 29.1 Å². The van der Waals surface area contributed by atoms with Gasteiger partial charge in [0.15, 0.2) is 5.78 Å². The Bertz CT molecular complexity index is 2010. The van der Waals surface area contributed by atoms with E-state index < -0.39 is 5.97 Å². The van der Waals surface area contributed by atoms with Crippen molar-refractivity contribution in [2.24, 2.45) is 0 Å². The summed E-state index contributed by atoms with van der Waals surface area (Å²) in [4.78, 5) is 72.9. The number of carbonyl (C=O) groups is 4. The third kappa shape index (κ3) is 7.73. The van der Waals surface area contributed by atoms with Gasteiger partial charge in [-0.2, -0.15) is 0 Å². The number of ketones is 1. The number of aromatic nitrogens is 4. The number of amides is 2. The molecule has 4 atom stereocenters. The number of fused-ring (bicyclic) bond motifs is 8. The zero-order chi connectivity index (χ0) is 36.4. The van der Waals surface area contributed by atoms with E-state index in [0.29, 0.717) is 68.7 Å². The Morgan fingerprint density at radius 1 is 0.863 bits per heavy atom. The van der Waals surface area contributed by atoms with Gasteiger partial charge in [-0.1, -0.05) is 57.0 Å². The summed E-state index contributed by atoms with van der Waals surface area (Å²) in [6, 6.07) is 5.76. The topological polar surface area (TPSA) is 156 Å². The standard InChI is InChI=1S/C39H50N6O5.Pd/c1-10-14-41-39(49)36-22(6)30-17-31-24(11-2)19(3)27(42-31)18-32-35(23(7)46)21(5)29(43-32)16-28-20(4)25(12-13-33(47)40-8)37(44-28)26(38(36)45-30)15-34(48)50-9;/h16-20,24-25H,10-15H2,1-9H3,(H4,40,41,42,43,44,45,46,47,49);/q;+2/p-2/t19?,20?,24-,25+;/m1./s1. The molecule has 0 fully saturated rings. The van der Waals surface area contributed by atoms with Crippen molar-refractivity contribution in [3.05, 3.63) is 68.8 Å². The minimum absolute atomic E-state index is 0. The first-order chi connectivity index (χ1) is 23.8. The molecule has 11 nitrogen and oxygen atoms in total. The van der Waals surface area contributed by atoms with Crippen LogP contribution in [0.3, 0.4) is 0 Å².